The van der Waals surface area contributed by atoms with Crippen LogP contribution in [0.2, 0.25) is 0 Å². The van der Waals surface area contributed by atoms with Crippen LogP contribution in [-0.2, 0) is 6.42 Å². The Morgan fingerprint density at radius 1 is 1.37 bits per heavy atom. The van der Waals surface area contributed by atoms with Crippen LogP contribution in [0.15, 0.2) is 39.6 Å². The first-order valence-corrected chi connectivity index (χ1v) is 6.98. The van der Waals surface area contributed by atoms with Gasteiger partial charge in [-0.2, -0.15) is 0 Å². The second kappa shape index (κ2) is 6.26. The third-order valence-corrected chi connectivity index (χ3v) is 3.87. The number of nitrogens with one attached hydrogen (secondary N) is 1. The predicted molar refractivity (Wildman–Crippen MR) is 79.6 cm³/mol. The highest BCUT2D eigenvalue weighted by Gasteiger charge is 2.17. The molecule has 0 aliphatic rings. The molecule has 0 aliphatic heterocycles. The molecule has 19 heavy (non-hydrogen) atoms. The Kier molecular flexibility index (Phi) is 4.66. The van der Waals surface area contributed by atoms with Gasteiger partial charge in [-0.05, 0) is 54.0 Å². The second-order valence-electron chi connectivity index (χ2n) is 4.51. The van der Waals surface area contributed by atoms with Gasteiger partial charge in [0.05, 0.1) is 13.4 Å². The Morgan fingerprint density at radius 2 is 2.16 bits per heavy atom. The van der Waals surface area contributed by atoms with Crippen LogP contribution in [0.5, 0.6) is 5.75 Å². The number of hydrogen-bond acceptors (Lipinski definition) is 3. The van der Waals surface area contributed by atoms with Crippen molar-refractivity contribution < 1.29 is 9.15 Å². The first kappa shape index (κ1) is 14.2. The molecule has 102 valence electrons. The van der Waals surface area contributed by atoms with Crippen molar-refractivity contribution in [2.45, 2.75) is 19.4 Å². The molecule has 0 aliphatic carbocycles. The maximum absolute atomic E-state index is 5.43. The molecule has 0 saturated carbocycles. The summed E-state index contributed by atoms with van der Waals surface area (Å²) in [6, 6.07) is 8.40. The fraction of sp³-hybridized carbons (Fsp3) is 0.333. The van der Waals surface area contributed by atoms with Crippen LogP contribution in [0.3, 0.4) is 0 Å². The van der Waals surface area contributed by atoms with Crippen molar-refractivity contribution in [1.29, 1.82) is 0 Å². The lowest BCUT2D eigenvalue weighted by molar-refractivity contribution is 0.406. The van der Waals surface area contributed by atoms with Crippen molar-refractivity contribution in [1.82, 2.24) is 5.32 Å². The van der Waals surface area contributed by atoms with Gasteiger partial charge in [0.25, 0.3) is 0 Å². The van der Waals surface area contributed by atoms with E-state index in [2.05, 4.69) is 40.3 Å². The van der Waals surface area contributed by atoms with E-state index in [1.54, 1.807) is 13.4 Å². The van der Waals surface area contributed by atoms with E-state index in [0.717, 1.165) is 22.4 Å². The van der Waals surface area contributed by atoms with Crippen LogP contribution in [0.25, 0.3) is 0 Å². The van der Waals surface area contributed by atoms with Gasteiger partial charge >= 0.3 is 0 Å². The highest BCUT2D eigenvalue weighted by atomic mass is 79.9. The average Bonchev–Trinajstić information content (AvgIpc) is 2.82. The number of methoxy groups -OCH3 is 1. The molecule has 4 heteroatoms. The van der Waals surface area contributed by atoms with Gasteiger partial charge in [-0.3, -0.25) is 0 Å². The minimum absolute atomic E-state index is 0.184. The SMILES string of the molecule is CNC(Cc1cc(C)ccc1OC)c1ccoc1Br. The lowest BCUT2D eigenvalue weighted by atomic mass is 9.99. The summed E-state index contributed by atoms with van der Waals surface area (Å²) in [7, 11) is 3.66. The molecule has 2 aromatic rings. The largest absolute Gasteiger partial charge is 0.496 e. The zero-order valence-corrected chi connectivity index (χ0v) is 13.0. The zero-order chi connectivity index (χ0) is 13.8. The summed E-state index contributed by atoms with van der Waals surface area (Å²) in [6.07, 6.45) is 2.54. The molecule has 0 saturated heterocycles. The molecule has 1 N–H and O–H groups in total. The number of benzene rings is 1. The molecule has 1 heterocycles. The molecule has 1 aromatic carbocycles. The lowest BCUT2D eigenvalue weighted by Crippen LogP contribution is -2.19. The Morgan fingerprint density at radius 3 is 2.74 bits per heavy atom. The summed E-state index contributed by atoms with van der Waals surface area (Å²) in [5, 5.41) is 3.32. The topological polar surface area (TPSA) is 34.4 Å². The Balaban J connectivity index is 2.28. The maximum atomic E-state index is 5.43. The summed E-state index contributed by atoms with van der Waals surface area (Å²) in [6.45, 7) is 2.09. The summed E-state index contributed by atoms with van der Waals surface area (Å²) < 4.78 is 11.5. The van der Waals surface area contributed by atoms with E-state index in [9.17, 15) is 0 Å². The molecular formula is C15H18BrNO2. The molecule has 1 aromatic heterocycles. The van der Waals surface area contributed by atoms with Crippen LogP contribution in [0.4, 0.5) is 0 Å². The lowest BCUT2D eigenvalue weighted by Gasteiger charge is -2.17. The summed E-state index contributed by atoms with van der Waals surface area (Å²) >= 11 is 3.43. The highest BCUT2D eigenvalue weighted by molar-refractivity contribution is 9.10. The molecule has 1 atom stereocenters. The van der Waals surface area contributed by atoms with E-state index < -0.39 is 0 Å². The van der Waals surface area contributed by atoms with Crippen molar-refractivity contribution in [3.8, 4) is 5.75 Å². The number of furan rings is 1. The van der Waals surface area contributed by atoms with Gasteiger partial charge in [0, 0.05) is 11.6 Å². The molecule has 0 amide bonds. The number of ether oxygens (including phenoxy) is 1. The minimum Gasteiger partial charge on any atom is -0.496 e. The quantitative estimate of drug-likeness (QED) is 0.907. The number of halogens is 1. The molecule has 0 spiro atoms. The van der Waals surface area contributed by atoms with Gasteiger partial charge < -0.3 is 14.5 Å². The molecule has 1 unspecified atom stereocenters. The van der Waals surface area contributed by atoms with Crippen LogP contribution in [-0.4, -0.2) is 14.2 Å². The van der Waals surface area contributed by atoms with Crippen LogP contribution in [0, 0.1) is 6.92 Å². The molecule has 3 nitrogen and oxygen atoms in total. The Labute approximate surface area is 122 Å². The number of hydrogen-bond donors (Lipinski definition) is 1. The summed E-state index contributed by atoms with van der Waals surface area (Å²) in [5.41, 5.74) is 3.54. The Hall–Kier alpha value is -1.26. The fourth-order valence-corrected chi connectivity index (χ4v) is 2.72. The van der Waals surface area contributed by atoms with Crippen molar-refractivity contribution in [2.75, 3.05) is 14.2 Å². The maximum Gasteiger partial charge on any atom is 0.173 e. The van der Waals surface area contributed by atoms with Gasteiger partial charge in [-0.25, -0.2) is 0 Å². The average molecular weight is 324 g/mol. The monoisotopic (exact) mass is 323 g/mol. The smallest absolute Gasteiger partial charge is 0.173 e. The third-order valence-electron chi connectivity index (χ3n) is 3.23. The third kappa shape index (κ3) is 3.19. The van der Waals surface area contributed by atoms with Crippen molar-refractivity contribution in [3.05, 3.63) is 51.9 Å². The first-order chi connectivity index (χ1) is 9.15. The molecule has 0 bridgehead atoms. The van der Waals surface area contributed by atoms with Gasteiger partial charge in [0.2, 0.25) is 0 Å². The molecule has 0 fully saturated rings. The van der Waals surface area contributed by atoms with Crippen molar-refractivity contribution in [3.63, 3.8) is 0 Å². The van der Waals surface area contributed by atoms with Gasteiger partial charge in [-0.15, -0.1) is 0 Å². The van der Waals surface area contributed by atoms with E-state index >= 15 is 0 Å². The van der Waals surface area contributed by atoms with Crippen LogP contribution in [0.1, 0.15) is 22.7 Å². The van der Waals surface area contributed by atoms with E-state index in [0.29, 0.717) is 0 Å². The van der Waals surface area contributed by atoms with E-state index in [4.69, 9.17) is 9.15 Å². The number of rotatable bonds is 5. The predicted octanol–water partition coefficient (Wildman–Crippen LogP) is 3.86. The minimum atomic E-state index is 0.184. The Bertz CT molecular complexity index is 551. The number of likely N-dealkylation sites (N-methyl/N-ethyl adjacent to an activating group) is 1. The van der Waals surface area contributed by atoms with E-state index in [1.165, 1.54) is 11.1 Å². The fourth-order valence-electron chi connectivity index (χ4n) is 2.21. The second-order valence-corrected chi connectivity index (χ2v) is 5.23. The number of aryl methyl sites for hydroxylation is 1. The van der Waals surface area contributed by atoms with Gasteiger partial charge in [-0.1, -0.05) is 17.7 Å². The molecule has 0 radical (unpaired) electrons. The first-order valence-electron chi connectivity index (χ1n) is 6.19. The van der Waals surface area contributed by atoms with Crippen molar-refractivity contribution in [2.24, 2.45) is 0 Å². The molecular weight excluding hydrogens is 306 g/mol. The normalized spacial score (nSPS) is 12.4. The standard InChI is InChI=1S/C15H18BrNO2/c1-10-4-5-14(18-3)11(8-10)9-13(17-2)12-6-7-19-15(12)16/h4-8,13,17H,9H2,1-3H3. The van der Waals surface area contributed by atoms with Crippen molar-refractivity contribution >= 4 is 15.9 Å². The summed E-state index contributed by atoms with van der Waals surface area (Å²) in [4.78, 5) is 0. The summed E-state index contributed by atoms with van der Waals surface area (Å²) in [5.74, 6) is 0.922. The van der Waals surface area contributed by atoms with Gasteiger partial charge in [0.1, 0.15) is 5.75 Å². The highest BCUT2D eigenvalue weighted by Crippen LogP contribution is 2.30. The van der Waals surface area contributed by atoms with Gasteiger partial charge in [0.15, 0.2) is 4.67 Å². The van der Waals surface area contributed by atoms with E-state index in [1.807, 2.05) is 19.2 Å². The molecule has 2 rings (SSSR count). The van der Waals surface area contributed by atoms with Crippen LogP contribution < -0.4 is 10.1 Å². The zero-order valence-electron chi connectivity index (χ0n) is 11.4. The van der Waals surface area contributed by atoms with Crippen LogP contribution >= 0.6 is 15.9 Å². The van der Waals surface area contributed by atoms with E-state index in [-0.39, 0.29) is 6.04 Å².